The number of benzene rings is 1. The molecule has 0 radical (unpaired) electrons. The first-order valence-electron chi connectivity index (χ1n) is 4.86. The van der Waals surface area contributed by atoms with Crippen LogP contribution in [-0.2, 0) is 0 Å². The van der Waals surface area contributed by atoms with Crippen molar-refractivity contribution in [1.82, 2.24) is 0 Å². The van der Waals surface area contributed by atoms with Crippen molar-refractivity contribution in [2.24, 2.45) is 5.73 Å². The molecule has 0 spiro atoms. The van der Waals surface area contributed by atoms with Crippen molar-refractivity contribution in [2.75, 3.05) is 21.3 Å². The quantitative estimate of drug-likeness (QED) is 0.774. The lowest BCUT2D eigenvalue weighted by Gasteiger charge is -2.17. The van der Waals surface area contributed by atoms with Crippen LogP contribution >= 0.6 is 0 Å². The number of rotatable bonds is 5. The third-order valence-corrected chi connectivity index (χ3v) is 2.34. The summed E-state index contributed by atoms with van der Waals surface area (Å²) in [6, 6.07) is 3.19. The predicted molar refractivity (Wildman–Crippen MR) is 63.2 cm³/mol. The summed E-state index contributed by atoms with van der Waals surface area (Å²) in [7, 11) is 4.74. The first-order valence-corrected chi connectivity index (χ1v) is 4.86. The van der Waals surface area contributed by atoms with E-state index in [1.165, 1.54) is 0 Å². The van der Waals surface area contributed by atoms with E-state index in [1.807, 2.05) is 0 Å². The normalized spacial score (nSPS) is 11.8. The van der Waals surface area contributed by atoms with E-state index in [2.05, 4.69) is 6.58 Å². The molecule has 88 valence electrons. The van der Waals surface area contributed by atoms with Crippen LogP contribution in [0.4, 0.5) is 0 Å². The van der Waals surface area contributed by atoms with Gasteiger partial charge in [-0.15, -0.1) is 6.58 Å². The second-order valence-electron chi connectivity index (χ2n) is 3.21. The molecule has 0 unspecified atom stereocenters. The van der Waals surface area contributed by atoms with E-state index in [1.54, 1.807) is 39.5 Å². The lowest BCUT2D eigenvalue weighted by Crippen LogP contribution is -2.10. The Balaban J connectivity index is 3.36. The van der Waals surface area contributed by atoms with E-state index >= 15 is 0 Å². The maximum absolute atomic E-state index is 5.92. The van der Waals surface area contributed by atoms with Crippen LogP contribution < -0.4 is 19.9 Å². The fourth-order valence-corrected chi connectivity index (χ4v) is 1.48. The maximum Gasteiger partial charge on any atom is 0.131 e. The molecule has 0 heterocycles. The first-order chi connectivity index (χ1) is 7.67. The van der Waals surface area contributed by atoms with Crippen LogP contribution in [-0.4, -0.2) is 21.3 Å². The van der Waals surface area contributed by atoms with Gasteiger partial charge in [0.1, 0.15) is 17.2 Å². The van der Waals surface area contributed by atoms with Gasteiger partial charge < -0.3 is 19.9 Å². The van der Waals surface area contributed by atoms with Gasteiger partial charge in [-0.3, -0.25) is 0 Å². The minimum absolute atomic E-state index is 0.337. The molecule has 4 heteroatoms. The molecule has 1 rings (SSSR count). The lowest BCUT2D eigenvalue weighted by molar-refractivity contribution is 0.367. The number of nitrogens with two attached hydrogens (primary N) is 1. The SMILES string of the molecule is C=C[C@H](N)c1c(OC)cc(OC)cc1OC. The molecule has 0 fully saturated rings. The van der Waals surface area contributed by atoms with Crippen LogP contribution in [0, 0.1) is 0 Å². The zero-order valence-corrected chi connectivity index (χ0v) is 9.82. The molecule has 0 aliphatic rings. The van der Waals surface area contributed by atoms with Gasteiger partial charge in [-0.2, -0.15) is 0 Å². The van der Waals surface area contributed by atoms with Gasteiger partial charge in [0.05, 0.1) is 32.9 Å². The number of hydrogen-bond donors (Lipinski definition) is 1. The highest BCUT2D eigenvalue weighted by atomic mass is 16.5. The number of ether oxygens (including phenoxy) is 3. The maximum atomic E-state index is 5.92. The van der Waals surface area contributed by atoms with Crippen molar-refractivity contribution in [3.63, 3.8) is 0 Å². The first kappa shape index (κ1) is 12.4. The minimum Gasteiger partial charge on any atom is -0.496 e. The Morgan fingerprint density at radius 1 is 1.12 bits per heavy atom. The van der Waals surface area contributed by atoms with Crippen molar-refractivity contribution in [3.8, 4) is 17.2 Å². The van der Waals surface area contributed by atoms with Gasteiger partial charge in [0.15, 0.2) is 0 Å². The van der Waals surface area contributed by atoms with Gasteiger partial charge in [0.25, 0.3) is 0 Å². The fourth-order valence-electron chi connectivity index (χ4n) is 1.48. The molecular formula is C12H17NO3. The van der Waals surface area contributed by atoms with Crippen LogP contribution in [0.3, 0.4) is 0 Å². The Bertz CT molecular complexity index is 352. The summed E-state index contributed by atoms with van der Waals surface area (Å²) in [5.74, 6) is 1.92. The molecule has 0 aromatic heterocycles. The molecule has 0 bridgehead atoms. The van der Waals surface area contributed by atoms with Crippen LogP contribution in [0.25, 0.3) is 0 Å². The largest absolute Gasteiger partial charge is 0.496 e. The van der Waals surface area contributed by atoms with Crippen molar-refractivity contribution in [2.45, 2.75) is 6.04 Å². The zero-order chi connectivity index (χ0) is 12.1. The van der Waals surface area contributed by atoms with E-state index < -0.39 is 0 Å². The van der Waals surface area contributed by atoms with Gasteiger partial charge >= 0.3 is 0 Å². The molecular weight excluding hydrogens is 206 g/mol. The Morgan fingerprint density at radius 3 is 1.94 bits per heavy atom. The third-order valence-electron chi connectivity index (χ3n) is 2.34. The number of methoxy groups -OCH3 is 3. The second-order valence-corrected chi connectivity index (χ2v) is 3.21. The monoisotopic (exact) mass is 223 g/mol. The van der Waals surface area contributed by atoms with Crippen molar-refractivity contribution in [1.29, 1.82) is 0 Å². The average Bonchev–Trinajstić information content (AvgIpc) is 2.35. The number of hydrogen-bond acceptors (Lipinski definition) is 4. The Kier molecular flexibility index (Phi) is 4.19. The highest BCUT2D eigenvalue weighted by Crippen LogP contribution is 2.37. The zero-order valence-electron chi connectivity index (χ0n) is 9.82. The van der Waals surface area contributed by atoms with E-state index in [9.17, 15) is 0 Å². The molecule has 1 aromatic rings. The molecule has 0 saturated heterocycles. The van der Waals surface area contributed by atoms with Gasteiger partial charge in [0, 0.05) is 12.1 Å². The van der Waals surface area contributed by atoms with Crippen molar-refractivity contribution < 1.29 is 14.2 Å². The molecule has 2 N–H and O–H groups in total. The lowest BCUT2D eigenvalue weighted by atomic mass is 10.0. The molecule has 0 aliphatic heterocycles. The molecule has 1 aromatic carbocycles. The summed E-state index contributed by atoms with van der Waals surface area (Å²) in [6.45, 7) is 3.66. The summed E-state index contributed by atoms with van der Waals surface area (Å²) in [4.78, 5) is 0. The van der Waals surface area contributed by atoms with E-state index in [4.69, 9.17) is 19.9 Å². The highest BCUT2D eigenvalue weighted by molar-refractivity contribution is 5.53. The van der Waals surface area contributed by atoms with Gasteiger partial charge in [0.2, 0.25) is 0 Å². The molecule has 4 nitrogen and oxygen atoms in total. The van der Waals surface area contributed by atoms with Gasteiger partial charge in [-0.1, -0.05) is 6.08 Å². The van der Waals surface area contributed by atoms with Crippen LogP contribution in [0.2, 0.25) is 0 Å². The average molecular weight is 223 g/mol. The van der Waals surface area contributed by atoms with Crippen molar-refractivity contribution in [3.05, 3.63) is 30.4 Å². The van der Waals surface area contributed by atoms with Gasteiger partial charge in [-0.25, -0.2) is 0 Å². The molecule has 0 amide bonds. The van der Waals surface area contributed by atoms with Crippen LogP contribution in [0.15, 0.2) is 24.8 Å². The van der Waals surface area contributed by atoms with Crippen LogP contribution in [0.5, 0.6) is 17.2 Å². The molecule has 1 atom stereocenters. The highest BCUT2D eigenvalue weighted by Gasteiger charge is 2.17. The second kappa shape index (κ2) is 5.42. The van der Waals surface area contributed by atoms with Gasteiger partial charge in [-0.05, 0) is 0 Å². The smallest absolute Gasteiger partial charge is 0.131 e. The van der Waals surface area contributed by atoms with Crippen LogP contribution in [0.1, 0.15) is 11.6 Å². The minimum atomic E-state index is -0.337. The third kappa shape index (κ3) is 2.28. The van der Waals surface area contributed by atoms with E-state index in [0.29, 0.717) is 17.2 Å². The van der Waals surface area contributed by atoms with E-state index in [-0.39, 0.29) is 6.04 Å². The molecule has 0 aliphatic carbocycles. The Morgan fingerprint density at radius 2 is 1.62 bits per heavy atom. The fraction of sp³-hybridized carbons (Fsp3) is 0.333. The summed E-state index contributed by atoms with van der Waals surface area (Å²) >= 11 is 0. The standard InChI is InChI=1S/C12H17NO3/c1-5-9(13)12-10(15-3)6-8(14-2)7-11(12)16-4/h5-7,9H,1,13H2,2-4H3/t9-/m0/s1. The molecule has 16 heavy (non-hydrogen) atoms. The Labute approximate surface area is 95.6 Å². The van der Waals surface area contributed by atoms with Crippen molar-refractivity contribution >= 4 is 0 Å². The van der Waals surface area contributed by atoms with E-state index in [0.717, 1.165) is 5.56 Å². The predicted octanol–water partition coefficient (Wildman–Crippen LogP) is 1.90. The summed E-state index contributed by atoms with van der Waals surface area (Å²) in [6.07, 6.45) is 1.63. The summed E-state index contributed by atoms with van der Waals surface area (Å²) in [5.41, 5.74) is 6.68. The summed E-state index contributed by atoms with van der Waals surface area (Å²) < 4.78 is 15.7. The molecule has 0 saturated carbocycles. The summed E-state index contributed by atoms with van der Waals surface area (Å²) in [5, 5.41) is 0. The Hall–Kier alpha value is -1.68. The topological polar surface area (TPSA) is 53.7 Å².